The Morgan fingerprint density at radius 2 is 1.55 bits per heavy atom. The third-order valence-electron chi connectivity index (χ3n) is 3.74. The van der Waals surface area contributed by atoms with E-state index in [2.05, 4.69) is 77.1 Å². The van der Waals surface area contributed by atoms with Gasteiger partial charge in [0.2, 0.25) is 0 Å². The topological polar surface area (TPSA) is 17.8 Å². The second-order valence-corrected chi connectivity index (χ2v) is 4.98. The van der Waals surface area contributed by atoms with Crippen LogP contribution >= 0.6 is 0 Å². The molecule has 0 aliphatic carbocycles. The van der Waals surface area contributed by atoms with Crippen molar-refractivity contribution < 1.29 is 0 Å². The smallest absolute Gasteiger partial charge is 0.111 e. The molecule has 0 unspecified atom stereocenters. The quantitative estimate of drug-likeness (QED) is 0.492. The maximum atomic E-state index is 4.66. The van der Waals surface area contributed by atoms with Crippen LogP contribution in [0.5, 0.6) is 0 Å². The third-order valence-corrected chi connectivity index (χ3v) is 3.74. The van der Waals surface area contributed by atoms with Gasteiger partial charge in [-0.2, -0.15) is 0 Å². The molecule has 4 aromatic rings. The van der Waals surface area contributed by atoms with Crippen LogP contribution in [0.3, 0.4) is 0 Å². The fourth-order valence-corrected chi connectivity index (χ4v) is 2.85. The number of aromatic nitrogens is 2. The molecule has 0 saturated heterocycles. The number of para-hydroxylation sites is 2. The van der Waals surface area contributed by atoms with Crippen molar-refractivity contribution in [2.75, 3.05) is 0 Å². The van der Waals surface area contributed by atoms with Gasteiger partial charge in [-0.1, -0.05) is 48.5 Å². The van der Waals surface area contributed by atoms with Crippen molar-refractivity contribution in [1.29, 1.82) is 0 Å². The lowest BCUT2D eigenvalue weighted by atomic mass is 10.1. The molecule has 0 aliphatic rings. The molecular weight excluding hydrogens is 244 g/mol. The Labute approximate surface area is 117 Å². The molecule has 20 heavy (non-hydrogen) atoms. The molecule has 0 spiro atoms. The molecule has 0 bridgehead atoms. The van der Waals surface area contributed by atoms with Gasteiger partial charge in [-0.15, -0.1) is 0 Å². The average Bonchev–Trinajstić information content (AvgIpc) is 2.82. The summed E-state index contributed by atoms with van der Waals surface area (Å²) in [5.74, 6) is 1.02. The van der Waals surface area contributed by atoms with E-state index >= 15 is 0 Å². The van der Waals surface area contributed by atoms with Gasteiger partial charge in [0.15, 0.2) is 0 Å². The largest absolute Gasteiger partial charge is 0.296 e. The Bertz CT molecular complexity index is 914. The Hall–Kier alpha value is -2.61. The van der Waals surface area contributed by atoms with Crippen molar-refractivity contribution in [3.63, 3.8) is 0 Å². The van der Waals surface area contributed by atoms with Crippen molar-refractivity contribution in [3.05, 3.63) is 72.6 Å². The maximum Gasteiger partial charge on any atom is 0.111 e. The Kier molecular flexibility index (Phi) is 2.36. The predicted molar refractivity (Wildman–Crippen MR) is 83.3 cm³/mol. The van der Waals surface area contributed by atoms with Gasteiger partial charge >= 0.3 is 0 Å². The molecule has 1 aromatic heterocycles. The molecule has 0 amide bonds. The van der Waals surface area contributed by atoms with E-state index in [1.54, 1.807) is 0 Å². The summed E-state index contributed by atoms with van der Waals surface area (Å²) in [4.78, 5) is 4.66. The van der Waals surface area contributed by atoms with Crippen molar-refractivity contribution in [3.8, 4) is 5.69 Å². The lowest BCUT2D eigenvalue weighted by molar-refractivity contribution is 1.01. The zero-order valence-corrected chi connectivity index (χ0v) is 11.2. The second-order valence-electron chi connectivity index (χ2n) is 4.98. The van der Waals surface area contributed by atoms with E-state index < -0.39 is 0 Å². The highest BCUT2D eigenvalue weighted by molar-refractivity contribution is 5.92. The highest BCUT2D eigenvalue weighted by Crippen LogP contribution is 2.27. The van der Waals surface area contributed by atoms with Gasteiger partial charge < -0.3 is 0 Å². The van der Waals surface area contributed by atoms with Crippen LogP contribution in [0.4, 0.5) is 0 Å². The summed E-state index contributed by atoms with van der Waals surface area (Å²) < 4.78 is 2.23. The fraction of sp³-hybridized carbons (Fsp3) is 0.0556. The molecular formula is C18H14N2. The number of nitrogens with zero attached hydrogens (tertiary/aromatic N) is 2. The summed E-state index contributed by atoms with van der Waals surface area (Å²) in [5.41, 5.74) is 3.38. The van der Waals surface area contributed by atoms with Gasteiger partial charge in [-0.3, -0.25) is 4.57 Å². The van der Waals surface area contributed by atoms with Gasteiger partial charge in [0.25, 0.3) is 0 Å². The van der Waals surface area contributed by atoms with Crippen molar-refractivity contribution in [1.82, 2.24) is 9.55 Å². The molecule has 1 heterocycles. The van der Waals surface area contributed by atoms with Gasteiger partial charge in [0, 0.05) is 5.39 Å². The van der Waals surface area contributed by atoms with Gasteiger partial charge in [-0.05, 0) is 30.5 Å². The molecule has 96 valence electrons. The average molecular weight is 258 g/mol. The number of benzene rings is 3. The summed E-state index contributed by atoms with van der Waals surface area (Å²) >= 11 is 0. The highest BCUT2D eigenvalue weighted by atomic mass is 15.1. The minimum absolute atomic E-state index is 1.02. The van der Waals surface area contributed by atoms with E-state index in [1.807, 2.05) is 6.07 Å². The molecule has 0 atom stereocenters. The standard InChI is InChI=1S/C18H14N2/c1-13-19-16-10-4-5-11-18(16)20(13)17-12-6-8-14-7-2-3-9-15(14)17/h2-12H,1H3. The second kappa shape index (κ2) is 4.20. The summed E-state index contributed by atoms with van der Waals surface area (Å²) in [5, 5.41) is 2.50. The molecule has 2 nitrogen and oxygen atoms in total. The Morgan fingerprint density at radius 1 is 0.800 bits per heavy atom. The van der Waals surface area contributed by atoms with Crippen molar-refractivity contribution in [2.45, 2.75) is 6.92 Å². The molecule has 0 radical (unpaired) electrons. The van der Waals surface area contributed by atoms with Crippen LogP contribution in [0.25, 0.3) is 27.5 Å². The monoisotopic (exact) mass is 258 g/mol. The molecule has 4 rings (SSSR count). The SMILES string of the molecule is Cc1nc2ccccc2n1-c1cccc2ccccc12. The first-order valence-electron chi connectivity index (χ1n) is 6.77. The third kappa shape index (κ3) is 1.55. The first-order valence-corrected chi connectivity index (χ1v) is 6.77. The van der Waals surface area contributed by atoms with Gasteiger partial charge in [0.1, 0.15) is 5.82 Å². The first-order chi connectivity index (χ1) is 9.84. The molecule has 3 aromatic carbocycles. The molecule has 0 N–H and O–H groups in total. The van der Waals surface area contributed by atoms with Crippen LogP contribution in [-0.4, -0.2) is 9.55 Å². The zero-order chi connectivity index (χ0) is 13.5. The fourth-order valence-electron chi connectivity index (χ4n) is 2.85. The summed E-state index contributed by atoms with van der Waals surface area (Å²) in [7, 11) is 0. The van der Waals surface area contributed by atoms with Crippen LogP contribution in [0, 0.1) is 6.92 Å². The normalized spacial score (nSPS) is 11.2. The molecule has 0 fully saturated rings. The van der Waals surface area contributed by atoms with E-state index in [0.29, 0.717) is 0 Å². The highest BCUT2D eigenvalue weighted by Gasteiger charge is 2.10. The van der Waals surface area contributed by atoms with Crippen LogP contribution in [0.2, 0.25) is 0 Å². The van der Waals surface area contributed by atoms with E-state index in [1.165, 1.54) is 16.5 Å². The van der Waals surface area contributed by atoms with Crippen LogP contribution in [0.1, 0.15) is 5.82 Å². The van der Waals surface area contributed by atoms with Crippen molar-refractivity contribution >= 4 is 21.8 Å². The molecule has 0 aliphatic heterocycles. The Balaban J connectivity index is 2.14. The van der Waals surface area contributed by atoms with Crippen molar-refractivity contribution in [2.24, 2.45) is 0 Å². The van der Waals surface area contributed by atoms with Crippen LogP contribution in [0.15, 0.2) is 66.7 Å². The van der Waals surface area contributed by atoms with E-state index in [-0.39, 0.29) is 0 Å². The maximum absolute atomic E-state index is 4.66. The van der Waals surface area contributed by atoms with Gasteiger partial charge in [-0.25, -0.2) is 4.98 Å². The minimum Gasteiger partial charge on any atom is -0.296 e. The number of aryl methyl sites for hydroxylation is 1. The summed E-state index contributed by atoms with van der Waals surface area (Å²) in [6.07, 6.45) is 0. The number of hydrogen-bond donors (Lipinski definition) is 0. The van der Waals surface area contributed by atoms with E-state index in [4.69, 9.17) is 0 Å². The predicted octanol–water partition coefficient (Wildman–Crippen LogP) is 4.49. The zero-order valence-electron chi connectivity index (χ0n) is 11.2. The minimum atomic E-state index is 1.02. The number of imidazole rings is 1. The number of fused-ring (bicyclic) bond motifs is 2. The first kappa shape index (κ1) is 11.2. The summed E-state index contributed by atoms with van der Waals surface area (Å²) in [6.45, 7) is 2.06. The number of rotatable bonds is 1. The van der Waals surface area contributed by atoms with Gasteiger partial charge in [0.05, 0.1) is 16.7 Å². The van der Waals surface area contributed by atoms with E-state index in [9.17, 15) is 0 Å². The van der Waals surface area contributed by atoms with Crippen LogP contribution < -0.4 is 0 Å². The number of hydrogen-bond acceptors (Lipinski definition) is 1. The Morgan fingerprint density at radius 3 is 2.50 bits per heavy atom. The summed E-state index contributed by atoms with van der Waals surface area (Å²) in [6, 6.07) is 23.1. The van der Waals surface area contributed by atoms with Crippen LogP contribution in [-0.2, 0) is 0 Å². The lowest BCUT2D eigenvalue weighted by Crippen LogP contribution is -1.97. The lowest BCUT2D eigenvalue weighted by Gasteiger charge is -2.10. The van der Waals surface area contributed by atoms with E-state index in [0.717, 1.165) is 16.9 Å². The molecule has 2 heteroatoms. The molecule has 0 saturated carbocycles.